The molecule has 0 atom stereocenters. The van der Waals surface area contributed by atoms with E-state index in [0.29, 0.717) is 0 Å². The summed E-state index contributed by atoms with van der Waals surface area (Å²) in [6, 6.07) is 19.1. The topological polar surface area (TPSA) is 37.4 Å². The first kappa shape index (κ1) is 18.0. The molecule has 0 aliphatic carbocycles. The average molecular weight is 361 g/mol. The number of benzene rings is 2. The van der Waals surface area contributed by atoms with E-state index in [2.05, 4.69) is 71.7 Å². The fourth-order valence-corrected chi connectivity index (χ4v) is 3.62. The number of hydrogen-bond donors (Lipinski definition) is 1. The number of anilines is 1. The van der Waals surface area contributed by atoms with Crippen LogP contribution in [0, 0.1) is 6.92 Å². The maximum atomic E-state index is 5.42. The van der Waals surface area contributed by atoms with Crippen LogP contribution in [0.15, 0.2) is 54.6 Å². The number of aromatic nitrogens is 1. The Hall–Kier alpha value is -2.43. The molecule has 0 amide bonds. The highest BCUT2D eigenvalue weighted by Gasteiger charge is 2.10. The van der Waals surface area contributed by atoms with Crippen molar-refractivity contribution in [3.05, 3.63) is 60.2 Å². The molecule has 4 heteroatoms. The van der Waals surface area contributed by atoms with Crippen molar-refractivity contribution in [2.75, 3.05) is 44.7 Å². The molecule has 0 radical (unpaired) electrons. The summed E-state index contributed by atoms with van der Waals surface area (Å²) in [5, 5.41) is 4.83. The number of hydrogen-bond acceptors (Lipinski definition) is 4. The third-order valence-corrected chi connectivity index (χ3v) is 5.10. The van der Waals surface area contributed by atoms with Crippen molar-refractivity contribution in [1.82, 2.24) is 9.88 Å². The molecule has 1 fully saturated rings. The molecule has 1 N–H and O–H groups in total. The lowest BCUT2D eigenvalue weighted by Crippen LogP contribution is -2.37. The first-order valence-corrected chi connectivity index (χ1v) is 9.80. The number of para-hydroxylation sites is 1. The van der Waals surface area contributed by atoms with Crippen LogP contribution in [0.4, 0.5) is 5.69 Å². The van der Waals surface area contributed by atoms with Crippen molar-refractivity contribution in [3.63, 3.8) is 0 Å². The standard InChI is InChI=1S/C23H27N3O/c1-18-6-4-7-19(16-18)22-17-23(20-8-2-3-9-21(20)25-22)24-10-5-11-26-12-14-27-15-13-26/h2-4,6-9,16-17H,5,10-15H2,1H3,(H,24,25). The van der Waals surface area contributed by atoms with E-state index in [1.807, 2.05) is 0 Å². The molecule has 1 aliphatic heterocycles. The predicted octanol–water partition coefficient (Wildman–Crippen LogP) is 4.34. The van der Waals surface area contributed by atoms with E-state index in [9.17, 15) is 0 Å². The molecule has 4 rings (SSSR count). The monoisotopic (exact) mass is 361 g/mol. The zero-order chi connectivity index (χ0) is 18.5. The number of morpholine rings is 1. The van der Waals surface area contributed by atoms with Crippen LogP contribution in [0.25, 0.3) is 22.2 Å². The van der Waals surface area contributed by atoms with E-state index in [1.165, 1.54) is 16.6 Å². The molecular weight excluding hydrogens is 334 g/mol. The summed E-state index contributed by atoms with van der Waals surface area (Å²) in [6.45, 7) is 8.02. The van der Waals surface area contributed by atoms with Gasteiger partial charge in [-0.05, 0) is 38.1 Å². The molecule has 140 valence electrons. The number of nitrogens with zero attached hydrogens (tertiary/aromatic N) is 2. The Morgan fingerprint density at radius 1 is 1.04 bits per heavy atom. The zero-order valence-corrected chi connectivity index (χ0v) is 15.9. The van der Waals surface area contributed by atoms with Gasteiger partial charge in [0.2, 0.25) is 0 Å². The predicted molar refractivity (Wildman–Crippen MR) is 112 cm³/mol. The molecule has 1 saturated heterocycles. The molecule has 27 heavy (non-hydrogen) atoms. The van der Waals surface area contributed by atoms with Gasteiger partial charge in [-0.2, -0.15) is 0 Å². The summed E-state index contributed by atoms with van der Waals surface area (Å²) in [4.78, 5) is 7.37. The highest BCUT2D eigenvalue weighted by atomic mass is 16.5. The van der Waals surface area contributed by atoms with Gasteiger partial charge < -0.3 is 10.1 Å². The van der Waals surface area contributed by atoms with Gasteiger partial charge in [0.15, 0.2) is 0 Å². The molecule has 4 nitrogen and oxygen atoms in total. The number of rotatable bonds is 6. The maximum Gasteiger partial charge on any atom is 0.0730 e. The molecule has 2 aromatic carbocycles. The number of fused-ring (bicyclic) bond motifs is 1. The minimum absolute atomic E-state index is 0.863. The highest BCUT2D eigenvalue weighted by Crippen LogP contribution is 2.28. The Balaban J connectivity index is 1.51. The summed E-state index contributed by atoms with van der Waals surface area (Å²) >= 11 is 0. The van der Waals surface area contributed by atoms with E-state index in [-0.39, 0.29) is 0 Å². The minimum Gasteiger partial charge on any atom is -0.384 e. The summed E-state index contributed by atoms with van der Waals surface area (Å²) in [6.07, 6.45) is 1.12. The third-order valence-electron chi connectivity index (χ3n) is 5.10. The lowest BCUT2D eigenvalue weighted by molar-refractivity contribution is 0.0378. The number of aryl methyl sites for hydroxylation is 1. The zero-order valence-electron chi connectivity index (χ0n) is 15.9. The minimum atomic E-state index is 0.863. The second kappa shape index (κ2) is 8.51. The van der Waals surface area contributed by atoms with Crippen LogP contribution >= 0.6 is 0 Å². The Morgan fingerprint density at radius 3 is 2.74 bits per heavy atom. The van der Waals surface area contributed by atoms with Crippen LogP contribution in [-0.2, 0) is 4.74 Å². The van der Waals surface area contributed by atoms with E-state index < -0.39 is 0 Å². The Kier molecular flexibility index (Phi) is 5.66. The molecule has 1 aliphatic rings. The first-order chi connectivity index (χ1) is 13.3. The van der Waals surface area contributed by atoms with Crippen molar-refractivity contribution in [2.24, 2.45) is 0 Å². The molecular formula is C23H27N3O. The number of ether oxygens (including phenoxy) is 1. The summed E-state index contributed by atoms with van der Waals surface area (Å²) in [5.74, 6) is 0. The molecule has 0 spiro atoms. The van der Waals surface area contributed by atoms with Gasteiger partial charge in [0.05, 0.1) is 24.4 Å². The molecule has 3 aromatic rings. The SMILES string of the molecule is Cc1cccc(-c2cc(NCCCN3CCOCC3)c3ccccc3n2)c1. The van der Waals surface area contributed by atoms with Crippen LogP contribution in [-0.4, -0.2) is 49.3 Å². The second-order valence-electron chi connectivity index (χ2n) is 7.18. The fourth-order valence-electron chi connectivity index (χ4n) is 3.62. The van der Waals surface area contributed by atoms with Gasteiger partial charge in [-0.25, -0.2) is 4.98 Å². The van der Waals surface area contributed by atoms with Gasteiger partial charge in [-0.1, -0.05) is 42.0 Å². The Bertz CT molecular complexity index is 903. The van der Waals surface area contributed by atoms with Crippen molar-refractivity contribution in [2.45, 2.75) is 13.3 Å². The van der Waals surface area contributed by atoms with Crippen LogP contribution in [0.1, 0.15) is 12.0 Å². The van der Waals surface area contributed by atoms with Crippen LogP contribution in [0.3, 0.4) is 0 Å². The van der Waals surface area contributed by atoms with E-state index >= 15 is 0 Å². The van der Waals surface area contributed by atoms with Crippen molar-refractivity contribution in [3.8, 4) is 11.3 Å². The maximum absolute atomic E-state index is 5.42. The summed E-state index contributed by atoms with van der Waals surface area (Å²) in [7, 11) is 0. The van der Waals surface area contributed by atoms with Crippen LogP contribution in [0.2, 0.25) is 0 Å². The van der Waals surface area contributed by atoms with Crippen molar-refractivity contribution in [1.29, 1.82) is 0 Å². The summed E-state index contributed by atoms with van der Waals surface area (Å²) < 4.78 is 5.42. The lowest BCUT2D eigenvalue weighted by Gasteiger charge is -2.26. The van der Waals surface area contributed by atoms with E-state index in [4.69, 9.17) is 9.72 Å². The van der Waals surface area contributed by atoms with Gasteiger partial charge in [0, 0.05) is 36.3 Å². The van der Waals surface area contributed by atoms with Crippen molar-refractivity contribution < 1.29 is 4.74 Å². The average Bonchev–Trinajstić information content (AvgIpc) is 2.71. The molecule has 0 unspecified atom stereocenters. The Morgan fingerprint density at radius 2 is 1.89 bits per heavy atom. The molecule has 2 heterocycles. The van der Waals surface area contributed by atoms with Crippen LogP contribution < -0.4 is 5.32 Å². The van der Waals surface area contributed by atoms with Crippen LogP contribution in [0.5, 0.6) is 0 Å². The van der Waals surface area contributed by atoms with E-state index in [0.717, 1.165) is 62.6 Å². The van der Waals surface area contributed by atoms with Gasteiger partial charge in [0.25, 0.3) is 0 Å². The lowest BCUT2D eigenvalue weighted by atomic mass is 10.1. The van der Waals surface area contributed by atoms with E-state index in [1.54, 1.807) is 0 Å². The fraction of sp³-hybridized carbons (Fsp3) is 0.348. The van der Waals surface area contributed by atoms with Crippen molar-refractivity contribution >= 4 is 16.6 Å². The quantitative estimate of drug-likeness (QED) is 0.663. The molecule has 0 bridgehead atoms. The van der Waals surface area contributed by atoms with Gasteiger partial charge in [0.1, 0.15) is 0 Å². The normalized spacial score (nSPS) is 15.1. The number of nitrogens with one attached hydrogen (secondary N) is 1. The number of pyridine rings is 1. The second-order valence-corrected chi connectivity index (χ2v) is 7.18. The molecule has 1 aromatic heterocycles. The smallest absolute Gasteiger partial charge is 0.0730 e. The largest absolute Gasteiger partial charge is 0.384 e. The van der Waals surface area contributed by atoms with Gasteiger partial charge >= 0.3 is 0 Å². The Labute approximate surface area is 161 Å². The van der Waals surface area contributed by atoms with Gasteiger partial charge in [-0.15, -0.1) is 0 Å². The molecule has 0 saturated carbocycles. The highest BCUT2D eigenvalue weighted by molar-refractivity contribution is 5.93. The third kappa shape index (κ3) is 4.46. The van der Waals surface area contributed by atoms with Gasteiger partial charge in [-0.3, -0.25) is 4.90 Å². The first-order valence-electron chi connectivity index (χ1n) is 9.80. The summed E-state index contributed by atoms with van der Waals surface area (Å²) in [5.41, 5.74) is 5.64.